The summed E-state index contributed by atoms with van der Waals surface area (Å²) in [5, 5.41) is 6.70. The number of guanidine groups is 1. The fraction of sp³-hybridized carbons (Fsp3) is 0.923. The summed E-state index contributed by atoms with van der Waals surface area (Å²) in [6, 6.07) is 0.655. The molecule has 0 atom stereocenters. The van der Waals surface area contributed by atoms with Gasteiger partial charge in [-0.25, -0.2) is 0 Å². The van der Waals surface area contributed by atoms with Crippen LogP contribution in [0, 0.1) is 0 Å². The predicted molar refractivity (Wildman–Crippen MR) is 91.5 cm³/mol. The highest BCUT2D eigenvalue weighted by Gasteiger charge is 2.21. The minimum absolute atomic E-state index is 0. The zero-order chi connectivity index (χ0) is 13.2. The van der Waals surface area contributed by atoms with E-state index in [0.29, 0.717) is 6.04 Å². The van der Waals surface area contributed by atoms with E-state index >= 15 is 0 Å². The van der Waals surface area contributed by atoms with E-state index in [4.69, 9.17) is 4.74 Å². The molecule has 6 heteroatoms. The fourth-order valence-electron chi connectivity index (χ4n) is 1.66. The molecule has 2 N–H and O–H groups in total. The third kappa shape index (κ3) is 10.4. The van der Waals surface area contributed by atoms with Crippen molar-refractivity contribution in [1.82, 2.24) is 15.5 Å². The molecule has 0 amide bonds. The lowest BCUT2D eigenvalue weighted by Gasteiger charge is -2.15. The van der Waals surface area contributed by atoms with Crippen LogP contribution in [-0.4, -0.2) is 63.8 Å². The van der Waals surface area contributed by atoms with E-state index < -0.39 is 0 Å². The molecule has 0 bridgehead atoms. The second kappa shape index (κ2) is 11.7. The number of aliphatic imine (C=N–C) groups is 1. The van der Waals surface area contributed by atoms with Gasteiger partial charge in [0.2, 0.25) is 0 Å². The first kappa shape index (κ1) is 18.9. The Hall–Kier alpha value is -0.0800. The van der Waals surface area contributed by atoms with Crippen LogP contribution in [0.25, 0.3) is 0 Å². The van der Waals surface area contributed by atoms with E-state index in [-0.39, 0.29) is 24.0 Å². The average molecular weight is 384 g/mol. The van der Waals surface area contributed by atoms with Gasteiger partial charge < -0.3 is 20.3 Å². The average Bonchev–Trinajstić information content (AvgIpc) is 3.13. The van der Waals surface area contributed by atoms with Gasteiger partial charge in [-0.05, 0) is 33.2 Å². The molecule has 0 unspecified atom stereocenters. The van der Waals surface area contributed by atoms with Crippen LogP contribution >= 0.6 is 24.0 Å². The summed E-state index contributed by atoms with van der Waals surface area (Å²) in [7, 11) is 3.88. The summed E-state index contributed by atoms with van der Waals surface area (Å²) in [6.45, 7) is 6.75. The van der Waals surface area contributed by atoms with Crippen LogP contribution in [0.15, 0.2) is 4.99 Å². The lowest BCUT2D eigenvalue weighted by atomic mass is 10.4. The Labute approximate surface area is 134 Å². The van der Waals surface area contributed by atoms with Gasteiger partial charge in [-0.1, -0.05) is 0 Å². The van der Waals surface area contributed by atoms with Gasteiger partial charge in [0.15, 0.2) is 5.96 Å². The van der Waals surface area contributed by atoms with Crippen molar-refractivity contribution >= 4 is 29.9 Å². The van der Waals surface area contributed by atoms with Gasteiger partial charge in [-0.15, -0.1) is 24.0 Å². The maximum Gasteiger partial charge on any atom is 0.191 e. The molecule has 0 spiro atoms. The highest BCUT2D eigenvalue weighted by Crippen LogP contribution is 2.18. The summed E-state index contributed by atoms with van der Waals surface area (Å²) in [6.07, 6.45) is 3.64. The predicted octanol–water partition coefficient (Wildman–Crippen LogP) is 1.29. The molecule has 1 saturated carbocycles. The molecule has 114 valence electrons. The van der Waals surface area contributed by atoms with Crippen molar-refractivity contribution in [2.45, 2.75) is 32.2 Å². The first-order valence-corrected chi connectivity index (χ1v) is 6.98. The summed E-state index contributed by atoms with van der Waals surface area (Å²) in [4.78, 5) is 6.88. The molecular weight excluding hydrogens is 355 g/mol. The van der Waals surface area contributed by atoms with Gasteiger partial charge in [0.1, 0.15) is 0 Å². The first-order chi connectivity index (χ1) is 8.76. The van der Waals surface area contributed by atoms with Gasteiger partial charge in [-0.2, -0.15) is 0 Å². The first-order valence-electron chi connectivity index (χ1n) is 6.98. The number of hydrogen-bond acceptors (Lipinski definition) is 3. The largest absolute Gasteiger partial charge is 0.385 e. The number of rotatable bonds is 9. The van der Waals surface area contributed by atoms with Crippen molar-refractivity contribution in [3.05, 3.63) is 0 Å². The van der Waals surface area contributed by atoms with Crippen molar-refractivity contribution in [2.75, 3.05) is 46.9 Å². The quantitative estimate of drug-likeness (QED) is 0.272. The SMILES string of the molecule is CCNC(=NCCN(C)CCCOC)NC1CC1.I. The fourth-order valence-corrected chi connectivity index (χ4v) is 1.66. The Morgan fingerprint density at radius 2 is 2.11 bits per heavy atom. The summed E-state index contributed by atoms with van der Waals surface area (Å²) >= 11 is 0. The smallest absolute Gasteiger partial charge is 0.191 e. The Balaban J connectivity index is 0.00000324. The minimum Gasteiger partial charge on any atom is -0.385 e. The van der Waals surface area contributed by atoms with Gasteiger partial charge in [-0.3, -0.25) is 4.99 Å². The minimum atomic E-state index is 0. The van der Waals surface area contributed by atoms with Crippen LogP contribution in [0.5, 0.6) is 0 Å². The Kier molecular flexibility index (Phi) is 11.7. The third-order valence-corrected chi connectivity index (χ3v) is 2.90. The molecule has 0 aromatic rings. The maximum atomic E-state index is 5.04. The van der Waals surface area contributed by atoms with Crippen molar-refractivity contribution in [1.29, 1.82) is 0 Å². The number of halogens is 1. The van der Waals surface area contributed by atoms with Gasteiger partial charge in [0.25, 0.3) is 0 Å². The zero-order valence-corrected chi connectivity index (χ0v) is 14.8. The zero-order valence-electron chi connectivity index (χ0n) is 12.4. The van der Waals surface area contributed by atoms with Crippen molar-refractivity contribution in [3.8, 4) is 0 Å². The monoisotopic (exact) mass is 384 g/mol. The van der Waals surface area contributed by atoms with Crippen LogP contribution in [0.1, 0.15) is 26.2 Å². The van der Waals surface area contributed by atoms with Gasteiger partial charge >= 0.3 is 0 Å². The maximum absolute atomic E-state index is 5.04. The number of methoxy groups -OCH3 is 1. The van der Waals surface area contributed by atoms with Crippen molar-refractivity contribution < 1.29 is 4.74 Å². The van der Waals surface area contributed by atoms with Crippen LogP contribution in [0.4, 0.5) is 0 Å². The Morgan fingerprint density at radius 1 is 1.37 bits per heavy atom. The highest BCUT2D eigenvalue weighted by molar-refractivity contribution is 14.0. The molecule has 1 fully saturated rings. The molecule has 1 aliphatic rings. The van der Waals surface area contributed by atoms with E-state index in [2.05, 4.69) is 34.5 Å². The van der Waals surface area contributed by atoms with Crippen LogP contribution in [0.3, 0.4) is 0 Å². The van der Waals surface area contributed by atoms with E-state index in [1.54, 1.807) is 7.11 Å². The topological polar surface area (TPSA) is 48.9 Å². The van der Waals surface area contributed by atoms with E-state index in [1.165, 1.54) is 12.8 Å². The van der Waals surface area contributed by atoms with E-state index in [9.17, 15) is 0 Å². The molecule has 1 rings (SSSR count). The summed E-state index contributed by atoms with van der Waals surface area (Å²) in [5.74, 6) is 0.963. The molecule has 5 nitrogen and oxygen atoms in total. The lowest BCUT2D eigenvalue weighted by molar-refractivity contribution is 0.180. The van der Waals surface area contributed by atoms with E-state index in [0.717, 1.165) is 45.2 Å². The normalized spacial score (nSPS) is 15.3. The number of likely N-dealkylation sites (N-methyl/N-ethyl adjacent to an activating group) is 1. The highest BCUT2D eigenvalue weighted by atomic mass is 127. The lowest BCUT2D eigenvalue weighted by Crippen LogP contribution is -2.39. The Bertz CT molecular complexity index is 247. The van der Waals surface area contributed by atoms with E-state index in [1.807, 2.05) is 0 Å². The summed E-state index contributed by atoms with van der Waals surface area (Å²) in [5.41, 5.74) is 0. The number of ether oxygens (including phenoxy) is 1. The van der Waals surface area contributed by atoms with Crippen molar-refractivity contribution in [2.24, 2.45) is 4.99 Å². The molecule has 19 heavy (non-hydrogen) atoms. The summed E-state index contributed by atoms with van der Waals surface area (Å²) < 4.78 is 5.04. The van der Waals surface area contributed by atoms with Crippen LogP contribution in [0.2, 0.25) is 0 Å². The Morgan fingerprint density at radius 3 is 2.68 bits per heavy atom. The van der Waals surface area contributed by atoms with Gasteiger partial charge in [0, 0.05) is 39.4 Å². The molecule has 0 saturated heterocycles. The number of nitrogens with zero attached hydrogens (tertiary/aromatic N) is 2. The molecule has 0 heterocycles. The molecule has 1 aliphatic carbocycles. The molecular formula is C13H29IN4O. The molecule has 0 aromatic heterocycles. The third-order valence-electron chi connectivity index (χ3n) is 2.90. The van der Waals surface area contributed by atoms with Crippen LogP contribution in [-0.2, 0) is 4.74 Å². The van der Waals surface area contributed by atoms with Gasteiger partial charge in [0.05, 0.1) is 6.54 Å². The second-order valence-corrected chi connectivity index (χ2v) is 4.83. The number of nitrogens with one attached hydrogen (secondary N) is 2. The number of hydrogen-bond donors (Lipinski definition) is 2. The molecule has 0 aromatic carbocycles. The standard InChI is InChI=1S/C13H28N4O.HI/c1-4-14-13(16-12-6-7-12)15-8-10-17(2)9-5-11-18-3;/h12H,4-11H2,1-3H3,(H2,14,15,16);1H. The second-order valence-electron chi connectivity index (χ2n) is 4.83. The van der Waals surface area contributed by atoms with Crippen molar-refractivity contribution in [3.63, 3.8) is 0 Å². The molecule has 0 aliphatic heterocycles. The van der Waals surface area contributed by atoms with Crippen LogP contribution < -0.4 is 10.6 Å². The molecule has 0 radical (unpaired) electrons.